The normalized spacial score (nSPS) is 10.9. The summed E-state index contributed by atoms with van der Waals surface area (Å²) in [5.74, 6) is 0.635. The first-order valence-corrected chi connectivity index (χ1v) is 11.6. The van der Waals surface area contributed by atoms with Crippen LogP contribution >= 0.6 is 23.4 Å². The van der Waals surface area contributed by atoms with E-state index < -0.39 is 11.2 Å². The average molecular weight is 453 g/mol. The number of hydrogen-bond acceptors (Lipinski definition) is 5. The van der Waals surface area contributed by atoms with Crippen LogP contribution in [-0.4, -0.2) is 27.8 Å². The van der Waals surface area contributed by atoms with Crippen molar-refractivity contribution < 1.29 is 4.79 Å². The van der Waals surface area contributed by atoms with E-state index >= 15 is 0 Å². The molecule has 30 heavy (non-hydrogen) atoms. The van der Waals surface area contributed by atoms with Crippen molar-refractivity contribution in [3.05, 3.63) is 50.1 Å². The van der Waals surface area contributed by atoms with E-state index in [1.807, 2.05) is 38.1 Å². The third-order valence-electron chi connectivity index (χ3n) is 4.58. The SMILES string of the molecule is CCCCn1c(N)c(N(CCC)C(=O)CCCSc2ccc(Cl)cc2)c(=O)[nH]c1=O. The van der Waals surface area contributed by atoms with Crippen molar-refractivity contribution in [1.82, 2.24) is 9.55 Å². The number of thioether (sulfide) groups is 1. The van der Waals surface area contributed by atoms with E-state index in [2.05, 4.69) is 4.98 Å². The first kappa shape index (κ1) is 24.1. The van der Waals surface area contributed by atoms with Crippen LogP contribution in [-0.2, 0) is 11.3 Å². The minimum atomic E-state index is -0.623. The Balaban J connectivity index is 2.12. The Morgan fingerprint density at radius 3 is 2.50 bits per heavy atom. The molecule has 3 N–H and O–H groups in total. The quantitative estimate of drug-likeness (QED) is 0.398. The molecule has 0 spiro atoms. The molecule has 1 heterocycles. The first-order valence-electron chi connectivity index (χ1n) is 10.2. The molecule has 0 atom stereocenters. The highest BCUT2D eigenvalue weighted by atomic mass is 35.5. The maximum atomic E-state index is 12.9. The van der Waals surface area contributed by atoms with Gasteiger partial charge in [-0.2, -0.15) is 0 Å². The lowest BCUT2D eigenvalue weighted by molar-refractivity contribution is -0.118. The summed E-state index contributed by atoms with van der Waals surface area (Å²) in [5, 5.41) is 0.688. The number of hydrogen-bond donors (Lipinski definition) is 2. The summed E-state index contributed by atoms with van der Waals surface area (Å²) in [5.41, 5.74) is 5.08. The van der Waals surface area contributed by atoms with Crippen LogP contribution in [0.2, 0.25) is 5.02 Å². The third-order valence-corrected chi connectivity index (χ3v) is 5.94. The van der Waals surface area contributed by atoms with Gasteiger partial charge in [0.1, 0.15) is 5.82 Å². The predicted molar refractivity (Wildman–Crippen MR) is 125 cm³/mol. The number of nitrogens with zero attached hydrogens (tertiary/aromatic N) is 2. The van der Waals surface area contributed by atoms with Crippen molar-refractivity contribution in [3.63, 3.8) is 0 Å². The smallest absolute Gasteiger partial charge is 0.330 e. The fourth-order valence-corrected chi connectivity index (χ4v) is 4.02. The van der Waals surface area contributed by atoms with E-state index in [4.69, 9.17) is 17.3 Å². The first-order chi connectivity index (χ1) is 14.4. The number of carbonyl (C=O) groups is 1. The molecule has 0 bridgehead atoms. The second-order valence-electron chi connectivity index (χ2n) is 6.95. The highest BCUT2D eigenvalue weighted by Gasteiger charge is 2.23. The Kier molecular flexibility index (Phi) is 9.52. The number of nitrogen functional groups attached to an aromatic ring is 1. The number of rotatable bonds is 11. The summed E-state index contributed by atoms with van der Waals surface area (Å²) < 4.78 is 1.34. The Bertz CT molecular complexity index is 956. The van der Waals surface area contributed by atoms with Crippen LogP contribution in [0.5, 0.6) is 0 Å². The van der Waals surface area contributed by atoms with Crippen molar-refractivity contribution >= 4 is 40.8 Å². The molecular weight excluding hydrogens is 424 g/mol. The zero-order valence-corrected chi connectivity index (χ0v) is 19.0. The molecule has 1 aromatic carbocycles. The molecule has 0 aliphatic carbocycles. The number of nitrogens with one attached hydrogen (secondary N) is 1. The summed E-state index contributed by atoms with van der Waals surface area (Å²) in [6, 6.07) is 7.55. The van der Waals surface area contributed by atoms with E-state index in [1.165, 1.54) is 9.47 Å². The van der Waals surface area contributed by atoms with E-state index in [9.17, 15) is 14.4 Å². The van der Waals surface area contributed by atoms with E-state index in [1.54, 1.807) is 11.8 Å². The number of H-pyrrole nitrogens is 1. The lowest BCUT2D eigenvalue weighted by Gasteiger charge is -2.24. The molecule has 1 aromatic heterocycles. The van der Waals surface area contributed by atoms with Crippen LogP contribution in [0.25, 0.3) is 0 Å². The Morgan fingerprint density at radius 2 is 1.87 bits per heavy atom. The van der Waals surface area contributed by atoms with Gasteiger partial charge in [0.2, 0.25) is 5.91 Å². The summed E-state index contributed by atoms with van der Waals surface area (Å²) in [6.45, 7) is 4.69. The lowest BCUT2D eigenvalue weighted by atomic mass is 10.2. The van der Waals surface area contributed by atoms with Gasteiger partial charge in [0.05, 0.1) is 0 Å². The molecule has 0 fully saturated rings. The van der Waals surface area contributed by atoms with Gasteiger partial charge in [-0.3, -0.25) is 19.1 Å². The molecule has 0 aliphatic heterocycles. The number of nitrogens with two attached hydrogens (primary N) is 1. The zero-order chi connectivity index (χ0) is 22.1. The number of benzene rings is 1. The summed E-state index contributed by atoms with van der Waals surface area (Å²) >= 11 is 7.54. The summed E-state index contributed by atoms with van der Waals surface area (Å²) in [6.07, 6.45) is 3.23. The van der Waals surface area contributed by atoms with Gasteiger partial charge >= 0.3 is 5.69 Å². The standard InChI is InChI=1S/C21H29ClN4O3S/c1-3-5-13-26-19(23)18(20(28)24-21(26)29)25(12-4-2)17(27)7-6-14-30-16-10-8-15(22)9-11-16/h8-11H,3-7,12-14,23H2,1-2H3,(H,24,28,29). The van der Waals surface area contributed by atoms with Crippen LogP contribution in [0, 0.1) is 0 Å². The molecule has 0 saturated carbocycles. The van der Waals surface area contributed by atoms with Gasteiger partial charge in [-0.05, 0) is 49.3 Å². The van der Waals surface area contributed by atoms with Gasteiger partial charge in [-0.1, -0.05) is 31.9 Å². The topological polar surface area (TPSA) is 101 Å². The minimum Gasteiger partial charge on any atom is -0.383 e. The molecule has 9 heteroatoms. The van der Waals surface area contributed by atoms with Gasteiger partial charge in [0.25, 0.3) is 5.56 Å². The molecule has 0 radical (unpaired) electrons. The molecule has 1 amide bonds. The van der Waals surface area contributed by atoms with Crippen molar-refractivity contribution in [3.8, 4) is 0 Å². The molecule has 0 aliphatic rings. The van der Waals surface area contributed by atoms with Crippen LogP contribution in [0.1, 0.15) is 46.0 Å². The molecule has 0 unspecified atom stereocenters. The highest BCUT2D eigenvalue weighted by molar-refractivity contribution is 7.99. The maximum Gasteiger partial charge on any atom is 0.330 e. The molecule has 164 valence electrons. The monoisotopic (exact) mass is 452 g/mol. The number of anilines is 2. The fourth-order valence-electron chi connectivity index (χ4n) is 3.04. The number of carbonyl (C=O) groups excluding carboxylic acids is 1. The molecule has 2 aromatic rings. The van der Waals surface area contributed by atoms with Gasteiger partial charge < -0.3 is 10.6 Å². The largest absolute Gasteiger partial charge is 0.383 e. The second-order valence-corrected chi connectivity index (χ2v) is 8.55. The van der Waals surface area contributed by atoms with Crippen LogP contribution in [0.15, 0.2) is 38.8 Å². The maximum absolute atomic E-state index is 12.9. The second kappa shape index (κ2) is 11.9. The number of halogens is 1. The fraction of sp³-hybridized carbons (Fsp3) is 0.476. The van der Waals surface area contributed by atoms with E-state index in [-0.39, 0.29) is 23.8 Å². The molecule has 2 rings (SSSR count). The zero-order valence-electron chi connectivity index (χ0n) is 17.4. The molecule has 7 nitrogen and oxygen atoms in total. The van der Waals surface area contributed by atoms with Crippen LogP contribution in [0.3, 0.4) is 0 Å². The van der Waals surface area contributed by atoms with Crippen molar-refractivity contribution in [2.24, 2.45) is 0 Å². The summed E-state index contributed by atoms with van der Waals surface area (Å²) in [7, 11) is 0. The van der Waals surface area contributed by atoms with E-state index in [0.29, 0.717) is 31.0 Å². The molecule has 0 saturated heterocycles. The van der Waals surface area contributed by atoms with Gasteiger partial charge in [0.15, 0.2) is 5.69 Å². The Morgan fingerprint density at radius 1 is 1.17 bits per heavy atom. The van der Waals surface area contributed by atoms with Crippen molar-refractivity contribution in [2.45, 2.75) is 57.4 Å². The number of aromatic amines is 1. The number of unbranched alkanes of at least 4 members (excludes halogenated alkanes) is 1. The summed E-state index contributed by atoms with van der Waals surface area (Å²) in [4.78, 5) is 42.4. The minimum absolute atomic E-state index is 0.0505. The third kappa shape index (κ3) is 6.40. The van der Waals surface area contributed by atoms with Crippen molar-refractivity contribution in [2.75, 3.05) is 22.9 Å². The van der Waals surface area contributed by atoms with Gasteiger partial charge in [-0.25, -0.2) is 4.79 Å². The van der Waals surface area contributed by atoms with E-state index in [0.717, 1.165) is 23.5 Å². The van der Waals surface area contributed by atoms with Gasteiger partial charge in [-0.15, -0.1) is 11.8 Å². The van der Waals surface area contributed by atoms with Crippen LogP contribution in [0.4, 0.5) is 11.5 Å². The lowest BCUT2D eigenvalue weighted by Crippen LogP contribution is -2.41. The Labute approximate surface area is 185 Å². The average Bonchev–Trinajstić information content (AvgIpc) is 2.71. The van der Waals surface area contributed by atoms with Crippen LogP contribution < -0.4 is 21.9 Å². The predicted octanol–water partition coefficient (Wildman–Crippen LogP) is 3.89. The number of aromatic nitrogens is 2. The highest BCUT2D eigenvalue weighted by Crippen LogP contribution is 2.23. The van der Waals surface area contributed by atoms with Crippen molar-refractivity contribution in [1.29, 1.82) is 0 Å². The number of amides is 1. The van der Waals surface area contributed by atoms with Gasteiger partial charge in [0, 0.05) is 29.4 Å². The Hall–Kier alpha value is -2.19. The molecular formula is C21H29ClN4O3S.